The van der Waals surface area contributed by atoms with E-state index in [1.165, 1.54) is 0 Å². The van der Waals surface area contributed by atoms with Crippen LogP contribution in [0.2, 0.25) is 5.02 Å². The van der Waals surface area contributed by atoms with Gasteiger partial charge in [-0.2, -0.15) is 0 Å². The highest BCUT2D eigenvalue weighted by molar-refractivity contribution is 9.10. The Kier molecular flexibility index (Phi) is 5.63. The smallest absolute Gasteiger partial charge is 0.221 e. The molecule has 1 heterocycles. The Balaban J connectivity index is 1.79. The number of hydrogen-bond donors (Lipinski definition) is 2. The fourth-order valence-corrected chi connectivity index (χ4v) is 2.65. The van der Waals surface area contributed by atoms with Gasteiger partial charge in [0.15, 0.2) is 0 Å². The predicted molar refractivity (Wildman–Crippen MR) is 78.2 cm³/mol. The SMILES string of the molecule is O=C(CC1COCCN1)NCc1ccc(Br)cc1Cl. The summed E-state index contributed by atoms with van der Waals surface area (Å²) in [6.45, 7) is 2.55. The van der Waals surface area contributed by atoms with Gasteiger partial charge in [0.25, 0.3) is 0 Å². The fraction of sp³-hybridized carbons (Fsp3) is 0.462. The lowest BCUT2D eigenvalue weighted by atomic mass is 10.2. The van der Waals surface area contributed by atoms with Gasteiger partial charge in [-0.1, -0.05) is 33.6 Å². The summed E-state index contributed by atoms with van der Waals surface area (Å²) < 4.78 is 6.24. The van der Waals surface area contributed by atoms with Crippen LogP contribution < -0.4 is 10.6 Å². The molecule has 0 spiro atoms. The Morgan fingerprint density at radius 1 is 1.58 bits per heavy atom. The molecule has 1 fully saturated rings. The van der Waals surface area contributed by atoms with Gasteiger partial charge in [-0.25, -0.2) is 0 Å². The molecule has 19 heavy (non-hydrogen) atoms. The average molecular weight is 348 g/mol. The normalized spacial score (nSPS) is 19.2. The van der Waals surface area contributed by atoms with Gasteiger partial charge in [0.2, 0.25) is 5.91 Å². The van der Waals surface area contributed by atoms with Gasteiger partial charge < -0.3 is 15.4 Å². The van der Waals surface area contributed by atoms with Gasteiger partial charge in [-0.3, -0.25) is 4.79 Å². The molecule has 6 heteroatoms. The predicted octanol–water partition coefficient (Wildman–Crippen LogP) is 2.10. The van der Waals surface area contributed by atoms with Crippen LogP contribution in [0.3, 0.4) is 0 Å². The molecule has 2 N–H and O–H groups in total. The first-order valence-corrected chi connectivity index (χ1v) is 7.34. The van der Waals surface area contributed by atoms with E-state index in [1.54, 1.807) is 0 Å². The number of morpholine rings is 1. The van der Waals surface area contributed by atoms with E-state index in [0.717, 1.165) is 16.6 Å². The van der Waals surface area contributed by atoms with E-state index in [9.17, 15) is 4.79 Å². The molecule has 0 radical (unpaired) electrons. The van der Waals surface area contributed by atoms with Crippen LogP contribution in [0.25, 0.3) is 0 Å². The molecule has 1 amide bonds. The summed E-state index contributed by atoms with van der Waals surface area (Å²) in [6, 6.07) is 5.73. The Labute approximate surface area is 126 Å². The maximum Gasteiger partial charge on any atom is 0.221 e. The highest BCUT2D eigenvalue weighted by Gasteiger charge is 2.16. The molecule has 0 saturated carbocycles. The van der Waals surface area contributed by atoms with Crippen molar-refractivity contribution in [2.75, 3.05) is 19.8 Å². The standard InChI is InChI=1S/C13H16BrClN2O2/c14-10-2-1-9(12(15)5-10)7-17-13(18)6-11-8-19-4-3-16-11/h1-2,5,11,16H,3-4,6-8H2,(H,17,18). The number of carbonyl (C=O) groups excluding carboxylic acids is 1. The number of carbonyl (C=O) groups is 1. The third kappa shape index (κ3) is 4.76. The van der Waals surface area contributed by atoms with Gasteiger partial charge in [0.1, 0.15) is 0 Å². The monoisotopic (exact) mass is 346 g/mol. The number of hydrogen-bond acceptors (Lipinski definition) is 3. The first-order valence-electron chi connectivity index (χ1n) is 6.17. The van der Waals surface area contributed by atoms with Crippen LogP contribution in [0.5, 0.6) is 0 Å². The molecule has 1 aromatic carbocycles. The zero-order chi connectivity index (χ0) is 13.7. The maximum absolute atomic E-state index is 11.8. The Morgan fingerprint density at radius 3 is 3.11 bits per heavy atom. The van der Waals surface area contributed by atoms with E-state index in [0.29, 0.717) is 31.2 Å². The lowest BCUT2D eigenvalue weighted by molar-refractivity contribution is -0.122. The minimum Gasteiger partial charge on any atom is -0.378 e. The summed E-state index contributed by atoms with van der Waals surface area (Å²) in [5, 5.41) is 6.77. The molecule has 1 atom stereocenters. The summed E-state index contributed by atoms with van der Waals surface area (Å²) in [5.74, 6) is 0.00184. The summed E-state index contributed by atoms with van der Waals surface area (Å²) in [6.07, 6.45) is 0.425. The van der Waals surface area contributed by atoms with Crippen LogP contribution in [0.4, 0.5) is 0 Å². The molecular formula is C13H16BrClN2O2. The van der Waals surface area contributed by atoms with E-state index in [-0.39, 0.29) is 11.9 Å². The van der Waals surface area contributed by atoms with Gasteiger partial charge in [-0.05, 0) is 17.7 Å². The van der Waals surface area contributed by atoms with Gasteiger partial charge in [0, 0.05) is 35.0 Å². The van der Waals surface area contributed by atoms with E-state index in [4.69, 9.17) is 16.3 Å². The van der Waals surface area contributed by atoms with Crippen molar-refractivity contribution in [3.63, 3.8) is 0 Å². The molecule has 2 rings (SSSR count). The van der Waals surface area contributed by atoms with Crippen LogP contribution in [-0.2, 0) is 16.1 Å². The van der Waals surface area contributed by atoms with E-state index in [1.807, 2.05) is 18.2 Å². The van der Waals surface area contributed by atoms with Crippen LogP contribution >= 0.6 is 27.5 Å². The average Bonchev–Trinajstić information content (AvgIpc) is 2.39. The van der Waals surface area contributed by atoms with Crippen molar-refractivity contribution < 1.29 is 9.53 Å². The zero-order valence-corrected chi connectivity index (χ0v) is 12.8. The van der Waals surface area contributed by atoms with Crippen molar-refractivity contribution in [1.82, 2.24) is 10.6 Å². The molecule has 0 aliphatic carbocycles. The Bertz CT molecular complexity index is 450. The second-order valence-corrected chi connectivity index (χ2v) is 5.77. The first kappa shape index (κ1) is 14.8. The summed E-state index contributed by atoms with van der Waals surface area (Å²) >= 11 is 9.44. The Morgan fingerprint density at radius 2 is 2.42 bits per heavy atom. The molecule has 1 aliphatic heterocycles. The number of rotatable bonds is 4. The quantitative estimate of drug-likeness (QED) is 0.877. The third-order valence-electron chi connectivity index (χ3n) is 2.92. The van der Waals surface area contributed by atoms with E-state index in [2.05, 4.69) is 26.6 Å². The highest BCUT2D eigenvalue weighted by atomic mass is 79.9. The molecule has 1 saturated heterocycles. The fourth-order valence-electron chi connectivity index (χ4n) is 1.91. The number of nitrogens with one attached hydrogen (secondary N) is 2. The highest BCUT2D eigenvalue weighted by Crippen LogP contribution is 2.21. The summed E-state index contributed by atoms with van der Waals surface area (Å²) in [4.78, 5) is 11.8. The molecular weight excluding hydrogens is 332 g/mol. The number of ether oxygens (including phenoxy) is 1. The van der Waals surface area contributed by atoms with Crippen molar-refractivity contribution in [3.05, 3.63) is 33.3 Å². The minimum absolute atomic E-state index is 0.00184. The maximum atomic E-state index is 11.8. The molecule has 4 nitrogen and oxygen atoms in total. The molecule has 0 bridgehead atoms. The van der Waals surface area contributed by atoms with Gasteiger partial charge in [-0.15, -0.1) is 0 Å². The van der Waals surface area contributed by atoms with E-state index < -0.39 is 0 Å². The van der Waals surface area contributed by atoms with Crippen LogP contribution in [0, 0.1) is 0 Å². The van der Waals surface area contributed by atoms with Gasteiger partial charge in [0.05, 0.1) is 13.2 Å². The Hall–Kier alpha value is -0.620. The molecule has 1 aliphatic rings. The zero-order valence-electron chi connectivity index (χ0n) is 10.4. The van der Waals surface area contributed by atoms with Crippen LogP contribution in [0.15, 0.2) is 22.7 Å². The third-order valence-corrected chi connectivity index (χ3v) is 3.77. The van der Waals surface area contributed by atoms with Crippen molar-refractivity contribution in [2.24, 2.45) is 0 Å². The lowest BCUT2D eigenvalue weighted by Gasteiger charge is -2.23. The minimum atomic E-state index is 0.00184. The molecule has 104 valence electrons. The molecule has 0 aromatic heterocycles. The lowest BCUT2D eigenvalue weighted by Crippen LogP contribution is -2.44. The molecule has 1 aromatic rings. The van der Waals surface area contributed by atoms with Crippen molar-refractivity contribution in [1.29, 1.82) is 0 Å². The second kappa shape index (κ2) is 7.24. The molecule has 1 unspecified atom stereocenters. The van der Waals surface area contributed by atoms with Crippen LogP contribution in [-0.4, -0.2) is 31.7 Å². The van der Waals surface area contributed by atoms with E-state index >= 15 is 0 Å². The number of halogens is 2. The van der Waals surface area contributed by atoms with Crippen molar-refractivity contribution >= 4 is 33.4 Å². The summed E-state index contributed by atoms with van der Waals surface area (Å²) in [5.41, 5.74) is 0.908. The van der Waals surface area contributed by atoms with Crippen molar-refractivity contribution in [2.45, 2.75) is 19.0 Å². The van der Waals surface area contributed by atoms with Crippen molar-refractivity contribution in [3.8, 4) is 0 Å². The largest absolute Gasteiger partial charge is 0.378 e. The van der Waals surface area contributed by atoms with Crippen LogP contribution in [0.1, 0.15) is 12.0 Å². The number of benzene rings is 1. The number of amides is 1. The van der Waals surface area contributed by atoms with Gasteiger partial charge >= 0.3 is 0 Å². The topological polar surface area (TPSA) is 50.4 Å². The summed E-state index contributed by atoms with van der Waals surface area (Å²) in [7, 11) is 0. The first-order chi connectivity index (χ1) is 9.15. The second-order valence-electron chi connectivity index (χ2n) is 4.44.